The van der Waals surface area contributed by atoms with Gasteiger partial charge in [0.2, 0.25) is 0 Å². The summed E-state index contributed by atoms with van der Waals surface area (Å²) in [6, 6.07) is 0. The van der Waals surface area contributed by atoms with Gasteiger partial charge in [0, 0.05) is 19.4 Å². The summed E-state index contributed by atoms with van der Waals surface area (Å²) in [6.45, 7) is 7.64. The Morgan fingerprint density at radius 1 is 0.359 bits per heavy atom. The zero-order valence-electron chi connectivity index (χ0n) is 42.5. The van der Waals surface area contributed by atoms with E-state index in [9.17, 15) is 9.59 Å². The number of hydrogen-bond acceptors (Lipinski definition) is 5. The van der Waals surface area contributed by atoms with Crippen LogP contribution in [0.3, 0.4) is 0 Å². The van der Waals surface area contributed by atoms with Gasteiger partial charge >= 0.3 is 11.9 Å². The topological polar surface area (TPSA) is 61.8 Å². The van der Waals surface area contributed by atoms with E-state index in [1.165, 1.54) is 148 Å². The number of esters is 2. The molecule has 0 rings (SSSR count). The van der Waals surface area contributed by atoms with E-state index in [-0.39, 0.29) is 25.2 Å². The number of carbonyl (C=O) groups is 2. The van der Waals surface area contributed by atoms with Crippen molar-refractivity contribution in [1.82, 2.24) is 0 Å². The largest absolute Gasteiger partial charge is 0.462 e. The summed E-state index contributed by atoms with van der Waals surface area (Å²) in [7, 11) is 0. The van der Waals surface area contributed by atoms with Crippen molar-refractivity contribution in [2.75, 3.05) is 19.8 Å². The van der Waals surface area contributed by atoms with Crippen molar-refractivity contribution in [1.29, 1.82) is 0 Å². The molecule has 5 heteroatoms. The average molecular weight is 893 g/mol. The summed E-state index contributed by atoms with van der Waals surface area (Å²) >= 11 is 0. The lowest BCUT2D eigenvalue weighted by atomic mass is 10.0. The second-order valence-electron chi connectivity index (χ2n) is 18.1. The first-order chi connectivity index (χ1) is 31.6. The lowest BCUT2D eigenvalue weighted by Crippen LogP contribution is -2.30. The minimum absolute atomic E-state index is 0.0755. The zero-order valence-corrected chi connectivity index (χ0v) is 42.5. The van der Waals surface area contributed by atoms with Crippen LogP contribution in [0.2, 0.25) is 0 Å². The molecule has 0 N–H and O–H groups in total. The Bertz CT molecular complexity index is 1150. The maximum Gasteiger partial charge on any atom is 0.306 e. The van der Waals surface area contributed by atoms with Crippen molar-refractivity contribution < 1.29 is 23.8 Å². The normalized spacial score (nSPS) is 12.7. The molecule has 64 heavy (non-hydrogen) atoms. The molecule has 0 aromatic heterocycles. The predicted molar refractivity (Wildman–Crippen MR) is 279 cm³/mol. The van der Waals surface area contributed by atoms with Gasteiger partial charge < -0.3 is 14.2 Å². The van der Waals surface area contributed by atoms with Gasteiger partial charge in [-0.15, -0.1) is 0 Å². The highest BCUT2D eigenvalue weighted by Crippen LogP contribution is 2.15. The van der Waals surface area contributed by atoms with Crippen LogP contribution in [0, 0.1) is 0 Å². The molecule has 0 aliphatic rings. The molecule has 0 fully saturated rings. The SMILES string of the molecule is CC/C=C\C/C=C\C/C=C\C/C=C\CCCCCCCCCOCC(COC(=O)CCCCCCCCCCCCCCCCC)OC(=O)CCCCCCC/C=C\C/C=C\CCC. The summed E-state index contributed by atoms with van der Waals surface area (Å²) in [5, 5.41) is 0. The van der Waals surface area contributed by atoms with Gasteiger partial charge in [0.1, 0.15) is 6.61 Å². The molecule has 0 spiro atoms. The quantitative estimate of drug-likeness (QED) is 0.0346. The first-order valence-corrected chi connectivity index (χ1v) is 27.5. The molecule has 0 aliphatic heterocycles. The Labute approximate surface area is 397 Å². The molecule has 0 heterocycles. The second-order valence-corrected chi connectivity index (χ2v) is 18.1. The van der Waals surface area contributed by atoms with Crippen LogP contribution in [0.1, 0.15) is 265 Å². The second kappa shape index (κ2) is 54.7. The van der Waals surface area contributed by atoms with Crippen LogP contribution in [-0.4, -0.2) is 37.9 Å². The molecule has 1 atom stereocenters. The van der Waals surface area contributed by atoms with Crippen molar-refractivity contribution in [3.63, 3.8) is 0 Å². The third kappa shape index (κ3) is 52.0. The van der Waals surface area contributed by atoms with E-state index >= 15 is 0 Å². The fourth-order valence-corrected chi connectivity index (χ4v) is 7.66. The van der Waals surface area contributed by atoms with Gasteiger partial charge in [-0.1, -0.05) is 241 Å². The molecule has 0 radical (unpaired) electrons. The molecule has 0 aliphatic carbocycles. The Morgan fingerprint density at radius 2 is 0.734 bits per heavy atom. The van der Waals surface area contributed by atoms with Gasteiger partial charge in [0.05, 0.1) is 6.61 Å². The van der Waals surface area contributed by atoms with E-state index in [0.29, 0.717) is 19.4 Å². The van der Waals surface area contributed by atoms with Crippen LogP contribution >= 0.6 is 0 Å². The first kappa shape index (κ1) is 61.3. The summed E-state index contributed by atoms with van der Waals surface area (Å²) in [5.41, 5.74) is 0. The summed E-state index contributed by atoms with van der Waals surface area (Å²) < 4.78 is 17.4. The molecular weight excluding hydrogens is 789 g/mol. The molecule has 370 valence electrons. The number of ether oxygens (including phenoxy) is 3. The van der Waals surface area contributed by atoms with E-state index < -0.39 is 6.10 Å². The van der Waals surface area contributed by atoms with Crippen LogP contribution in [0.5, 0.6) is 0 Å². The Kier molecular flexibility index (Phi) is 52.4. The van der Waals surface area contributed by atoms with Crippen LogP contribution in [0.15, 0.2) is 72.9 Å². The summed E-state index contributed by atoms with van der Waals surface area (Å²) in [4.78, 5) is 25.4. The van der Waals surface area contributed by atoms with Crippen LogP contribution in [-0.2, 0) is 23.8 Å². The number of rotatable bonds is 50. The highest BCUT2D eigenvalue weighted by molar-refractivity contribution is 5.70. The highest BCUT2D eigenvalue weighted by atomic mass is 16.6. The van der Waals surface area contributed by atoms with Crippen molar-refractivity contribution in [3.05, 3.63) is 72.9 Å². The minimum Gasteiger partial charge on any atom is -0.462 e. The third-order valence-electron chi connectivity index (χ3n) is 11.7. The van der Waals surface area contributed by atoms with Gasteiger partial charge in [0.15, 0.2) is 6.10 Å². The van der Waals surface area contributed by atoms with Gasteiger partial charge in [-0.2, -0.15) is 0 Å². The molecule has 5 nitrogen and oxygen atoms in total. The molecule has 0 aromatic rings. The van der Waals surface area contributed by atoms with Gasteiger partial charge in [-0.05, 0) is 83.5 Å². The van der Waals surface area contributed by atoms with Gasteiger partial charge in [0.25, 0.3) is 0 Å². The lowest BCUT2D eigenvalue weighted by Gasteiger charge is -2.18. The fraction of sp³-hybridized carbons (Fsp3) is 0.763. The number of hydrogen-bond donors (Lipinski definition) is 0. The number of unbranched alkanes of at least 4 members (excludes halogenated alkanes) is 27. The highest BCUT2D eigenvalue weighted by Gasteiger charge is 2.17. The Morgan fingerprint density at radius 3 is 1.19 bits per heavy atom. The molecule has 0 aromatic carbocycles. The first-order valence-electron chi connectivity index (χ1n) is 27.5. The maximum absolute atomic E-state index is 12.8. The molecule has 0 saturated carbocycles. The lowest BCUT2D eigenvalue weighted by molar-refractivity contribution is -0.163. The molecule has 0 amide bonds. The van der Waals surface area contributed by atoms with Crippen molar-refractivity contribution >= 4 is 11.9 Å². The summed E-state index contributed by atoms with van der Waals surface area (Å²) in [6.07, 6.45) is 70.6. The Balaban J connectivity index is 4.27. The maximum atomic E-state index is 12.8. The van der Waals surface area contributed by atoms with Gasteiger partial charge in [-0.25, -0.2) is 0 Å². The summed E-state index contributed by atoms with van der Waals surface area (Å²) in [5.74, 6) is -0.412. The smallest absolute Gasteiger partial charge is 0.306 e. The average Bonchev–Trinajstić information content (AvgIpc) is 3.30. The van der Waals surface area contributed by atoms with Crippen molar-refractivity contribution in [3.8, 4) is 0 Å². The number of carbonyl (C=O) groups excluding carboxylic acids is 2. The predicted octanol–water partition coefficient (Wildman–Crippen LogP) is 18.7. The van der Waals surface area contributed by atoms with E-state index in [4.69, 9.17) is 14.2 Å². The fourth-order valence-electron chi connectivity index (χ4n) is 7.66. The Hall–Kier alpha value is -2.66. The van der Waals surface area contributed by atoms with Crippen LogP contribution in [0.25, 0.3) is 0 Å². The number of allylic oxidation sites excluding steroid dienone is 12. The van der Waals surface area contributed by atoms with Crippen molar-refractivity contribution in [2.24, 2.45) is 0 Å². The molecule has 1 unspecified atom stereocenters. The van der Waals surface area contributed by atoms with E-state index in [0.717, 1.165) is 83.5 Å². The standard InChI is InChI=1S/C59H104O5/c1-4-7-10-13-16-19-22-25-27-28-29-30-31-33-36-39-42-45-48-51-54-62-55-57(64-59(61)53-50-47-44-41-38-34-24-21-18-15-12-9-6-3)56-63-58(60)52-49-46-43-40-37-35-32-26-23-20-17-14-11-8-5-2/h7,10,12,15-16,19,21,24-25,27,29-30,57H,4-6,8-9,11,13-14,17-18,20,22-23,26,28,31-56H2,1-3H3/b10-7-,15-12-,19-16-,24-21-,27-25-,30-29-. The van der Waals surface area contributed by atoms with E-state index in [1.54, 1.807) is 0 Å². The van der Waals surface area contributed by atoms with Crippen LogP contribution < -0.4 is 0 Å². The van der Waals surface area contributed by atoms with Crippen molar-refractivity contribution in [2.45, 2.75) is 271 Å². The van der Waals surface area contributed by atoms with Gasteiger partial charge in [-0.3, -0.25) is 9.59 Å². The van der Waals surface area contributed by atoms with E-state index in [1.807, 2.05) is 0 Å². The molecular formula is C59H104O5. The molecule has 0 saturated heterocycles. The van der Waals surface area contributed by atoms with Crippen LogP contribution in [0.4, 0.5) is 0 Å². The zero-order chi connectivity index (χ0) is 46.3. The third-order valence-corrected chi connectivity index (χ3v) is 11.7. The monoisotopic (exact) mass is 893 g/mol. The van der Waals surface area contributed by atoms with E-state index in [2.05, 4.69) is 93.7 Å². The minimum atomic E-state index is -0.550. The molecule has 0 bridgehead atoms.